The quantitative estimate of drug-likeness (QED) is 0.694. The van der Waals surface area contributed by atoms with Crippen LogP contribution in [0.15, 0.2) is 38.6 Å². The van der Waals surface area contributed by atoms with Crippen LogP contribution in [0.3, 0.4) is 0 Å². The first-order valence-electron chi connectivity index (χ1n) is 5.46. The van der Waals surface area contributed by atoms with Crippen LogP contribution >= 0.6 is 27.3 Å². The summed E-state index contributed by atoms with van der Waals surface area (Å²) < 4.78 is 18.8. The van der Waals surface area contributed by atoms with Crippen molar-refractivity contribution in [3.8, 4) is 28.2 Å². The van der Waals surface area contributed by atoms with Crippen LogP contribution in [0, 0.1) is 17.1 Å². The average molecular weight is 350 g/mol. The number of aromatic nitrogens is 2. The summed E-state index contributed by atoms with van der Waals surface area (Å²) in [5.74, 6) is 0.265. The van der Waals surface area contributed by atoms with Gasteiger partial charge in [-0.05, 0) is 45.6 Å². The van der Waals surface area contributed by atoms with Gasteiger partial charge in [-0.25, -0.2) is 4.39 Å². The number of nitriles is 1. The monoisotopic (exact) mass is 349 g/mol. The molecule has 0 amide bonds. The molecule has 0 saturated heterocycles. The molecular weight excluding hydrogens is 345 g/mol. The molecule has 2 aromatic heterocycles. The van der Waals surface area contributed by atoms with E-state index in [0.29, 0.717) is 26.3 Å². The minimum atomic E-state index is -0.352. The predicted molar refractivity (Wildman–Crippen MR) is 75.4 cm³/mol. The zero-order valence-corrected chi connectivity index (χ0v) is 12.2. The molecule has 2 heterocycles. The fraction of sp³-hybridized carbons (Fsp3) is 0. The lowest BCUT2D eigenvalue weighted by atomic mass is 10.2. The standard InChI is InChI=1S/C13H5BrFN3OS/c14-10-5-8(15)1-2-9(10)12-17-13(19-18-12)11-7(6-16)3-4-20-11/h1-5H. The molecule has 3 aromatic rings. The summed E-state index contributed by atoms with van der Waals surface area (Å²) in [5, 5.41) is 14.6. The molecule has 0 atom stereocenters. The molecule has 0 radical (unpaired) electrons. The topological polar surface area (TPSA) is 62.7 Å². The van der Waals surface area contributed by atoms with Gasteiger partial charge in [-0.1, -0.05) is 5.16 Å². The second kappa shape index (κ2) is 5.15. The number of halogens is 2. The Morgan fingerprint density at radius 3 is 2.95 bits per heavy atom. The van der Waals surface area contributed by atoms with Gasteiger partial charge in [0.25, 0.3) is 5.89 Å². The van der Waals surface area contributed by atoms with Crippen molar-refractivity contribution in [2.45, 2.75) is 0 Å². The first-order chi connectivity index (χ1) is 9.69. The summed E-state index contributed by atoms with van der Waals surface area (Å²) in [6.07, 6.45) is 0. The molecule has 0 bridgehead atoms. The lowest BCUT2D eigenvalue weighted by Gasteiger charge is -1.97. The number of hydrogen-bond donors (Lipinski definition) is 0. The highest BCUT2D eigenvalue weighted by Crippen LogP contribution is 2.31. The van der Waals surface area contributed by atoms with E-state index in [0.717, 1.165) is 0 Å². The van der Waals surface area contributed by atoms with E-state index < -0.39 is 0 Å². The first kappa shape index (κ1) is 13.0. The van der Waals surface area contributed by atoms with Crippen molar-refractivity contribution in [3.05, 3.63) is 45.5 Å². The van der Waals surface area contributed by atoms with Crippen LogP contribution in [-0.2, 0) is 0 Å². The van der Waals surface area contributed by atoms with Crippen LogP contribution in [0.1, 0.15) is 5.56 Å². The van der Waals surface area contributed by atoms with E-state index >= 15 is 0 Å². The van der Waals surface area contributed by atoms with Crippen LogP contribution in [0.2, 0.25) is 0 Å². The Bertz CT molecular complexity index is 821. The second-order valence-corrected chi connectivity index (χ2v) is 5.59. The van der Waals surface area contributed by atoms with Gasteiger partial charge in [0.2, 0.25) is 5.82 Å². The van der Waals surface area contributed by atoms with Gasteiger partial charge in [0.05, 0.1) is 5.56 Å². The summed E-state index contributed by atoms with van der Waals surface area (Å²) >= 11 is 4.61. The summed E-state index contributed by atoms with van der Waals surface area (Å²) in [5.41, 5.74) is 1.11. The zero-order chi connectivity index (χ0) is 14.1. The van der Waals surface area contributed by atoms with Gasteiger partial charge in [-0.2, -0.15) is 10.2 Å². The lowest BCUT2D eigenvalue weighted by Crippen LogP contribution is -1.84. The van der Waals surface area contributed by atoms with Crippen molar-refractivity contribution < 1.29 is 8.91 Å². The molecule has 20 heavy (non-hydrogen) atoms. The third-order valence-corrected chi connectivity index (χ3v) is 4.14. The number of benzene rings is 1. The van der Waals surface area contributed by atoms with Gasteiger partial charge in [-0.15, -0.1) is 11.3 Å². The molecule has 1 aromatic carbocycles. The molecule has 0 aliphatic carbocycles. The Balaban J connectivity index is 2.05. The van der Waals surface area contributed by atoms with E-state index in [4.69, 9.17) is 9.78 Å². The minimum Gasteiger partial charge on any atom is -0.333 e. The number of thiophene rings is 1. The van der Waals surface area contributed by atoms with Crippen LogP contribution in [0.5, 0.6) is 0 Å². The first-order valence-corrected chi connectivity index (χ1v) is 7.13. The summed E-state index contributed by atoms with van der Waals surface area (Å²) in [7, 11) is 0. The third kappa shape index (κ3) is 2.24. The second-order valence-electron chi connectivity index (χ2n) is 3.82. The van der Waals surface area contributed by atoms with Gasteiger partial charge in [-0.3, -0.25) is 0 Å². The molecule has 4 nitrogen and oxygen atoms in total. The molecule has 0 aliphatic rings. The van der Waals surface area contributed by atoms with E-state index in [1.165, 1.54) is 23.5 Å². The highest BCUT2D eigenvalue weighted by atomic mass is 79.9. The van der Waals surface area contributed by atoms with Crippen LogP contribution in [0.4, 0.5) is 4.39 Å². The van der Waals surface area contributed by atoms with Gasteiger partial charge < -0.3 is 4.52 Å². The third-order valence-electron chi connectivity index (χ3n) is 2.58. The minimum absolute atomic E-state index is 0.280. The Morgan fingerprint density at radius 2 is 2.20 bits per heavy atom. The lowest BCUT2D eigenvalue weighted by molar-refractivity contribution is 0.433. The summed E-state index contributed by atoms with van der Waals surface area (Å²) in [6.45, 7) is 0. The molecular formula is C13H5BrFN3OS. The van der Waals surface area contributed by atoms with Crippen molar-refractivity contribution in [1.29, 1.82) is 5.26 Å². The summed E-state index contributed by atoms with van der Waals surface area (Å²) in [4.78, 5) is 4.88. The zero-order valence-electron chi connectivity index (χ0n) is 9.80. The Labute approximate surface area is 125 Å². The maximum Gasteiger partial charge on any atom is 0.269 e. The largest absolute Gasteiger partial charge is 0.333 e. The fourth-order valence-electron chi connectivity index (χ4n) is 1.66. The van der Waals surface area contributed by atoms with Crippen LogP contribution in [-0.4, -0.2) is 10.1 Å². The van der Waals surface area contributed by atoms with Crippen molar-refractivity contribution in [3.63, 3.8) is 0 Å². The molecule has 0 saturated carbocycles. The normalized spacial score (nSPS) is 10.4. The van der Waals surface area contributed by atoms with Gasteiger partial charge >= 0.3 is 0 Å². The number of hydrogen-bond acceptors (Lipinski definition) is 5. The predicted octanol–water partition coefficient (Wildman–Crippen LogP) is 4.24. The molecule has 98 valence electrons. The van der Waals surface area contributed by atoms with E-state index in [1.807, 2.05) is 0 Å². The Kier molecular flexibility index (Phi) is 3.34. The molecule has 0 aliphatic heterocycles. The Hall–Kier alpha value is -2.04. The van der Waals surface area contributed by atoms with Gasteiger partial charge in [0, 0.05) is 10.0 Å². The highest BCUT2D eigenvalue weighted by molar-refractivity contribution is 9.10. The highest BCUT2D eigenvalue weighted by Gasteiger charge is 2.16. The van der Waals surface area contributed by atoms with Crippen molar-refractivity contribution in [2.75, 3.05) is 0 Å². The molecule has 7 heteroatoms. The molecule has 0 N–H and O–H groups in total. The maximum atomic E-state index is 13.1. The van der Waals surface area contributed by atoms with Crippen molar-refractivity contribution in [2.24, 2.45) is 0 Å². The van der Waals surface area contributed by atoms with E-state index in [9.17, 15) is 4.39 Å². The Morgan fingerprint density at radius 1 is 1.35 bits per heavy atom. The molecule has 0 unspecified atom stereocenters. The van der Waals surface area contributed by atoms with Crippen molar-refractivity contribution in [1.82, 2.24) is 10.1 Å². The van der Waals surface area contributed by atoms with Gasteiger partial charge in [0.1, 0.15) is 16.8 Å². The summed E-state index contributed by atoms with van der Waals surface area (Å²) in [6, 6.07) is 7.97. The van der Waals surface area contributed by atoms with Gasteiger partial charge in [0.15, 0.2) is 0 Å². The number of nitrogens with zero attached hydrogens (tertiary/aromatic N) is 3. The SMILES string of the molecule is N#Cc1ccsc1-c1nc(-c2ccc(F)cc2Br)no1. The molecule has 0 fully saturated rings. The molecule has 3 rings (SSSR count). The van der Waals surface area contributed by atoms with Crippen LogP contribution in [0.25, 0.3) is 22.2 Å². The number of rotatable bonds is 2. The van der Waals surface area contributed by atoms with E-state index in [1.54, 1.807) is 17.5 Å². The molecule has 0 spiro atoms. The van der Waals surface area contributed by atoms with E-state index in [2.05, 4.69) is 32.1 Å². The fourth-order valence-corrected chi connectivity index (χ4v) is 2.95. The smallest absolute Gasteiger partial charge is 0.269 e. The maximum absolute atomic E-state index is 13.1. The van der Waals surface area contributed by atoms with Crippen LogP contribution < -0.4 is 0 Å². The van der Waals surface area contributed by atoms with E-state index in [-0.39, 0.29) is 11.7 Å². The average Bonchev–Trinajstić information content (AvgIpc) is 3.06. The van der Waals surface area contributed by atoms with Crippen molar-refractivity contribution >= 4 is 27.3 Å².